The molecule has 2 atom stereocenters. The predicted molar refractivity (Wildman–Crippen MR) is 155 cm³/mol. The lowest BCUT2D eigenvalue weighted by Gasteiger charge is -2.37. The van der Waals surface area contributed by atoms with Gasteiger partial charge in [0.15, 0.2) is 0 Å². The van der Waals surface area contributed by atoms with E-state index in [0.717, 1.165) is 46.1 Å². The number of aromatic nitrogens is 3. The van der Waals surface area contributed by atoms with Gasteiger partial charge in [0.2, 0.25) is 5.88 Å². The zero-order valence-corrected chi connectivity index (χ0v) is 22.6. The molecular formula is C34H31N3O4. The predicted octanol–water partition coefficient (Wildman–Crippen LogP) is 6.02. The number of aliphatic carboxylic acids is 1. The first kappa shape index (κ1) is 25.5. The molecule has 5 aromatic rings. The summed E-state index contributed by atoms with van der Waals surface area (Å²) in [4.78, 5) is 16.7. The third-order valence-corrected chi connectivity index (χ3v) is 8.38. The van der Waals surface area contributed by atoms with Crippen molar-refractivity contribution in [1.29, 1.82) is 0 Å². The molecule has 2 aliphatic rings. The van der Waals surface area contributed by atoms with Crippen LogP contribution in [0.3, 0.4) is 0 Å². The molecule has 2 aromatic heterocycles. The Morgan fingerprint density at radius 3 is 1.93 bits per heavy atom. The van der Waals surface area contributed by atoms with Crippen LogP contribution in [0.25, 0.3) is 10.9 Å². The monoisotopic (exact) mass is 545 g/mol. The maximum atomic E-state index is 12.1. The molecule has 3 heterocycles. The van der Waals surface area contributed by atoms with Crippen molar-refractivity contribution in [3.63, 3.8) is 0 Å². The number of hydrogen-bond acceptors (Lipinski definition) is 5. The van der Waals surface area contributed by atoms with Gasteiger partial charge in [0, 0.05) is 25.0 Å². The van der Waals surface area contributed by atoms with E-state index in [1.165, 1.54) is 0 Å². The molecule has 1 aliphatic heterocycles. The van der Waals surface area contributed by atoms with Crippen LogP contribution in [-0.2, 0) is 15.1 Å². The van der Waals surface area contributed by atoms with Crippen LogP contribution in [0, 0.1) is 5.92 Å². The smallest absolute Gasteiger partial charge is 0.307 e. The van der Waals surface area contributed by atoms with Gasteiger partial charge < -0.3 is 14.6 Å². The summed E-state index contributed by atoms with van der Waals surface area (Å²) in [5, 5.41) is 16.0. The van der Waals surface area contributed by atoms with Gasteiger partial charge in [-0.05, 0) is 29.2 Å². The molecule has 0 amide bonds. The van der Waals surface area contributed by atoms with E-state index in [1.54, 1.807) is 6.20 Å². The maximum Gasteiger partial charge on any atom is 0.307 e. The number of fused-ring (bicyclic) bond motifs is 1. The number of pyridine rings is 1. The Balaban J connectivity index is 1.54. The standard InChI is InChI=1S/C34H31N3O4/c38-33(39)28-22-27(28)31-30-29(16-19-35-32(30)41-26-17-20-40-21-18-26)37(36-31)34(23-10-4-1-5-11-23,24-12-6-2-7-13-24)25-14-8-3-9-15-25/h1-16,19,26-28H,17-18,20-22H2,(H,38,39). The molecule has 1 saturated heterocycles. The van der Waals surface area contributed by atoms with Crippen LogP contribution in [0.15, 0.2) is 103 Å². The molecule has 1 aliphatic carbocycles. The molecule has 7 rings (SSSR count). The second-order valence-corrected chi connectivity index (χ2v) is 10.8. The van der Waals surface area contributed by atoms with Crippen molar-refractivity contribution in [3.05, 3.63) is 126 Å². The van der Waals surface area contributed by atoms with E-state index >= 15 is 0 Å². The van der Waals surface area contributed by atoms with Gasteiger partial charge in [-0.3, -0.25) is 4.79 Å². The molecule has 1 N–H and O–H groups in total. The number of rotatable bonds is 8. The average Bonchev–Trinajstić information content (AvgIpc) is 3.74. The highest BCUT2D eigenvalue weighted by Crippen LogP contribution is 2.52. The second kappa shape index (κ2) is 10.5. The van der Waals surface area contributed by atoms with Crippen molar-refractivity contribution in [2.24, 2.45) is 5.92 Å². The normalized spacial score (nSPS) is 19.2. The summed E-state index contributed by atoms with van der Waals surface area (Å²) >= 11 is 0. The van der Waals surface area contributed by atoms with Gasteiger partial charge >= 0.3 is 5.97 Å². The van der Waals surface area contributed by atoms with E-state index in [9.17, 15) is 9.90 Å². The summed E-state index contributed by atoms with van der Waals surface area (Å²) in [5.74, 6) is -0.974. The fourth-order valence-electron chi connectivity index (χ4n) is 6.29. The van der Waals surface area contributed by atoms with Crippen molar-refractivity contribution in [3.8, 4) is 5.88 Å². The Hall–Kier alpha value is -4.49. The van der Waals surface area contributed by atoms with E-state index in [-0.39, 0.29) is 12.0 Å². The Bertz CT molecular complexity index is 1570. The number of carboxylic acids is 1. The third kappa shape index (κ3) is 4.37. The average molecular weight is 546 g/mol. The minimum atomic E-state index is -0.842. The molecule has 2 unspecified atom stereocenters. The number of hydrogen-bond donors (Lipinski definition) is 1. The van der Waals surface area contributed by atoms with Crippen molar-refractivity contribution < 1.29 is 19.4 Å². The summed E-state index contributed by atoms with van der Waals surface area (Å²) < 4.78 is 14.2. The molecule has 3 aromatic carbocycles. The first-order valence-electron chi connectivity index (χ1n) is 14.2. The number of nitrogens with zero attached hydrogens (tertiary/aromatic N) is 3. The van der Waals surface area contributed by atoms with Crippen LogP contribution in [0.5, 0.6) is 5.88 Å². The molecule has 0 spiro atoms. The van der Waals surface area contributed by atoms with Crippen molar-refractivity contribution in [1.82, 2.24) is 14.8 Å². The highest BCUT2D eigenvalue weighted by Gasteiger charge is 2.49. The van der Waals surface area contributed by atoms with Crippen LogP contribution >= 0.6 is 0 Å². The van der Waals surface area contributed by atoms with Crippen LogP contribution in [0.4, 0.5) is 0 Å². The van der Waals surface area contributed by atoms with Crippen LogP contribution < -0.4 is 4.74 Å². The van der Waals surface area contributed by atoms with E-state index in [2.05, 4.69) is 41.1 Å². The Labute approximate surface area is 238 Å². The Kier molecular flexibility index (Phi) is 6.51. The molecule has 0 radical (unpaired) electrons. The zero-order chi connectivity index (χ0) is 27.8. The quantitative estimate of drug-likeness (QED) is 0.240. The molecule has 7 nitrogen and oxygen atoms in total. The summed E-state index contributed by atoms with van der Waals surface area (Å²) in [6.45, 7) is 1.30. The van der Waals surface area contributed by atoms with Gasteiger partial charge in [0.05, 0.1) is 35.7 Å². The summed E-state index contributed by atoms with van der Waals surface area (Å²) in [6, 6.07) is 33.1. The largest absolute Gasteiger partial charge is 0.481 e. The van der Waals surface area contributed by atoms with Gasteiger partial charge in [0.1, 0.15) is 11.6 Å². The van der Waals surface area contributed by atoms with E-state index in [0.29, 0.717) is 25.5 Å². The minimum absolute atomic E-state index is 0.0188. The molecule has 206 valence electrons. The Morgan fingerprint density at radius 2 is 1.41 bits per heavy atom. The van der Waals surface area contributed by atoms with Crippen LogP contribution in [0.1, 0.15) is 47.6 Å². The van der Waals surface area contributed by atoms with Crippen molar-refractivity contribution in [2.45, 2.75) is 36.8 Å². The topological polar surface area (TPSA) is 86.5 Å². The first-order chi connectivity index (χ1) is 20.2. The lowest BCUT2D eigenvalue weighted by molar-refractivity contribution is -0.138. The molecule has 7 heteroatoms. The number of carboxylic acid groups (broad SMARTS) is 1. The lowest BCUT2D eigenvalue weighted by Crippen LogP contribution is -2.38. The molecule has 41 heavy (non-hydrogen) atoms. The highest BCUT2D eigenvalue weighted by molar-refractivity contribution is 5.90. The van der Waals surface area contributed by atoms with Gasteiger partial charge in [-0.15, -0.1) is 0 Å². The molecule has 0 bridgehead atoms. The number of ether oxygens (including phenoxy) is 2. The fraction of sp³-hybridized carbons (Fsp3) is 0.265. The number of carbonyl (C=O) groups is 1. The van der Waals surface area contributed by atoms with Crippen LogP contribution in [0.2, 0.25) is 0 Å². The lowest BCUT2D eigenvalue weighted by atomic mass is 9.77. The van der Waals surface area contributed by atoms with E-state index in [1.807, 2.05) is 60.7 Å². The van der Waals surface area contributed by atoms with Crippen LogP contribution in [-0.4, -0.2) is 45.2 Å². The second-order valence-electron chi connectivity index (χ2n) is 10.8. The zero-order valence-electron chi connectivity index (χ0n) is 22.6. The fourth-order valence-corrected chi connectivity index (χ4v) is 6.29. The summed E-state index contributed by atoms with van der Waals surface area (Å²) in [6.07, 6.45) is 3.86. The summed E-state index contributed by atoms with van der Waals surface area (Å²) in [5.41, 5.74) is 3.87. The van der Waals surface area contributed by atoms with E-state index < -0.39 is 17.4 Å². The molecule has 1 saturated carbocycles. The van der Waals surface area contributed by atoms with Gasteiger partial charge in [-0.25, -0.2) is 9.67 Å². The van der Waals surface area contributed by atoms with E-state index in [4.69, 9.17) is 19.6 Å². The van der Waals surface area contributed by atoms with Gasteiger partial charge in [0.25, 0.3) is 0 Å². The molecule has 2 fully saturated rings. The highest BCUT2D eigenvalue weighted by atomic mass is 16.5. The third-order valence-electron chi connectivity index (χ3n) is 8.38. The summed E-state index contributed by atoms with van der Waals surface area (Å²) in [7, 11) is 0. The maximum absolute atomic E-state index is 12.1. The van der Waals surface area contributed by atoms with Crippen molar-refractivity contribution >= 4 is 16.9 Å². The van der Waals surface area contributed by atoms with Gasteiger partial charge in [-0.1, -0.05) is 91.0 Å². The minimum Gasteiger partial charge on any atom is -0.481 e. The number of benzene rings is 3. The first-order valence-corrected chi connectivity index (χ1v) is 14.2. The van der Waals surface area contributed by atoms with Gasteiger partial charge in [-0.2, -0.15) is 5.10 Å². The molecular weight excluding hydrogens is 514 g/mol. The Morgan fingerprint density at radius 1 is 0.854 bits per heavy atom. The van der Waals surface area contributed by atoms with Crippen molar-refractivity contribution in [2.75, 3.05) is 13.2 Å². The SMILES string of the molecule is O=C(O)C1CC1c1nn(C(c2ccccc2)(c2ccccc2)c2ccccc2)c2ccnc(OC3CCOCC3)c12.